The Labute approximate surface area is 138 Å². The van der Waals surface area contributed by atoms with E-state index in [4.69, 9.17) is 0 Å². The third-order valence-electron chi connectivity index (χ3n) is 4.57. The molecule has 2 heterocycles. The highest BCUT2D eigenvalue weighted by atomic mass is 32.1. The summed E-state index contributed by atoms with van der Waals surface area (Å²) in [5, 5.41) is 12.9. The summed E-state index contributed by atoms with van der Waals surface area (Å²) in [5.41, 5.74) is 1.38. The van der Waals surface area contributed by atoms with Crippen molar-refractivity contribution in [1.82, 2.24) is 10.2 Å². The van der Waals surface area contributed by atoms with Crippen molar-refractivity contribution in [2.75, 3.05) is 5.32 Å². The quantitative estimate of drug-likeness (QED) is 0.910. The first-order valence-electron chi connectivity index (χ1n) is 7.99. The van der Waals surface area contributed by atoms with Crippen LogP contribution in [0, 0.1) is 5.92 Å². The minimum atomic E-state index is -0.0362. The molecule has 4 nitrogen and oxygen atoms in total. The van der Waals surface area contributed by atoms with Gasteiger partial charge < -0.3 is 0 Å². The number of hydrogen-bond acceptors (Lipinski definition) is 5. The molecule has 0 bridgehead atoms. The maximum absolute atomic E-state index is 12.4. The van der Waals surface area contributed by atoms with E-state index in [1.807, 2.05) is 0 Å². The molecule has 0 radical (unpaired) electrons. The fourth-order valence-corrected chi connectivity index (χ4v) is 5.01. The monoisotopic (exact) mass is 333 g/mol. The number of hydrogen-bond donors (Lipinski definition) is 1. The Hall–Kier alpha value is -1.27. The summed E-state index contributed by atoms with van der Waals surface area (Å²) in [7, 11) is 0. The van der Waals surface area contributed by atoms with Gasteiger partial charge in [-0.1, -0.05) is 24.7 Å². The van der Waals surface area contributed by atoms with Crippen molar-refractivity contribution in [3.8, 4) is 0 Å². The lowest BCUT2D eigenvalue weighted by atomic mass is 9.87. The van der Waals surface area contributed by atoms with Gasteiger partial charge >= 0.3 is 0 Å². The summed E-state index contributed by atoms with van der Waals surface area (Å²) in [6.45, 7) is 2.25. The van der Waals surface area contributed by atoms with Crippen LogP contribution in [0.5, 0.6) is 0 Å². The molecule has 2 aliphatic rings. The fraction of sp³-hybridized carbons (Fsp3) is 0.562. The smallest absolute Gasteiger partial charge is 0.267 e. The summed E-state index contributed by atoms with van der Waals surface area (Å²) in [6.07, 6.45) is 7.14. The van der Waals surface area contributed by atoms with Crippen LogP contribution < -0.4 is 5.32 Å². The Bertz CT molecular complexity index is 702. The van der Waals surface area contributed by atoms with Crippen LogP contribution in [-0.2, 0) is 12.8 Å². The Morgan fingerprint density at radius 1 is 1.32 bits per heavy atom. The van der Waals surface area contributed by atoms with Crippen LogP contribution in [0.25, 0.3) is 0 Å². The zero-order chi connectivity index (χ0) is 15.1. The Morgan fingerprint density at radius 3 is 2.95 bits per heavy atom. The number of nitrogens with one attached hydrogen (secondary N) is 1. The zero-order valence-electron chi connectivity index (χ0n) is 12.6. The van der Waals surface area contributed by atoms with Gasteiger partial charge in [-0.15, -0.1) is 21.5 Å². The van der Waals surface area contributed by atoms with Gasteiger partial charge in [-0.2, -0.15) is 0 Å². The van der Waals surface area contributed by atoms with E-state index in [0.29, 0.717) is 11.0 Å². The maximum Gasteiger partial charge on any atom is 0.267 e. The summed E-state index contributed by atoms with van der Waals surface area (Å²) in [6, 6.07) is 2.08. The number of aryl methyl sites for hydroxylation is 1. The van der Waals surface area contributed by atoms with E-state index >= 15 is 0 Å². The minimum absolute atomic E-state index is 0.0362. The first-order valence-corrected chi connectivity index (χ1v) is 9.62. The third-order valence-corrected chi connectivity index (χ3v) is 6.81. The molecule has 1 saturated carbocycles. The molecular formula is C16H19N3OS2. The van der Waals surface area contributed by atoms with E-state index in [0.717, 1.165) is 28.6 Å². The molecule has 2 aliphatic carbocycles. The van der Waals surface area contributed by atoms with Crippen LogP contribution in [-0.4, -0.2) is 16.1 Å². The highest BCUT2D eigenvalue weighted by molar-refractivity contribution is 7.16. The summed E-state index contributed by atoms with van der Waals surface area (Å²) < 4.78 is 0. The molecule has 2 aromatic rings. The van der Waals surface area contributed by atoms with Gasteiger partial charge in [0.15, 0.2) is 0 Å². The summed E-state index contributed by atoms with van der Waals surface area (Å²) >= 11 is 3.16. The molecule has 1 amide bonds. The van der Waals surface area contributed by atoms with E-state index in [1.165, 1.54) is 47.5 Å². The average molecular weight is 333 g/mol. The van der Waals surface area contributed by atoms with E-state index in [9.17, 15) is 4.79 Å². The van der Waals surface area contributed by atoms with Crippen LogP contribution in [0.2, 0.25) is 0 Å². The summed E-state index contributed by atoms with van der Waals surface area (Å²) in [5.74, 6) is 1.33. The molecule has 6 heteroatoms. The Kier molecular flexibility index (Phi) is 3.74. The fourth-order valence-electron chi connectivity index (χ4n) is 3.00. The van der Waals surface area contributed by atoms with Crippen LogP contribution in [0.15, 0.2) is 6.07 Å². The lowest BCUT2D eigenvalue weighted by Gasteiger charge is -2.19. The molecular weight excluding hydrogens is 314 g/mol. The van der Waals surface area contributed by atoms with Gasteiger partial charge in [-0.05, 0) is 49.7 Å². The Balaban J connectivity index is 1.47. The number of aromatic nitrogens is 2. The molecule has 0 aromatic carbocycles. The molecule has 1 atom stereocenters. The van der Waals surface area contributed by atoms with Crippen LogP contribution in [0.3, 0.4) is 0 Å². The van der Waals surface area contributed by atoms with Crippen molar-refractivity contribution in [1.29, 1.82) is 0 Å². The van der Waals surface area contributed by atoms with Gasteiger partial charge in [0.05, 0.1) is 4.88 Å². The first-order chi connectivity index (χ1) is 10.7. The largest absolute Gasteiger partial charge is 0.296 e. The number of nitrogens with zero attached hydrogens (tertiary/aromatic N) is 2. The number of amides is 1. The van der Waals surface area contributed by atoms with E-state index in [1.54, 1.807) is 11.3 Å². The molecule has 0 unspecified atom stereocenters. The highest BCUT2D eigenvalue weighted by Crippen LogP contribution is 2.42. The number of carbonyl (C=O) groups excluding carboxylic acids is 1. The highest BCUT2D eigenvalue weighted by Gasteiger charge is 2.28. The first kappa shape index (κ1) is 14.3. The molecule has 22 heavy (non-hydrogen) atoms. The normalized spacial score (nSPS) is 20.7. The maximum atomic E-state index is 12.4. The third kappa shape index (κ3) is 2.82. The second-order valence-corrected chi connectivity index (χ2v) is 8.40. The van der Waals surface area contributed by atoms with Gasteiger partial charge in [-0.25, -0.2) is 0 Å². The second kappa shape index (κ2) is 5.74. The predicted molar refractivity (Wildman–Crippen MR) is 90.0 cm³/mol. The Morgan fingerprint density at radius 2 is 2.18 bits per heavy atom. The van der Waals surface area contributed by atoms with Crippen molar-refractivity contribution in [3.05, 3.63) is 26.4 Å². The number of thiophene rings is 1. The van der Waals surface area contributed by atoms with Gasteiger partial charge in [0, 0.05) is 10.8 Å². The van der Waals surface area contributed by atoms with Crippen molar-refractivity contribution in [2.24, 2.45) is 5.92 Å². The van der Waals surface area contributed by atoms with E-state index in [2.05, 4.69) is 28.5 Å². The van der Waals surface area contributed by atoms with Crippen LogP contribution >= 0.6 is 22.7 Å². The van der Waals surface area contributed by atoms with Crippen molar-refractivity contribution in [2.45, 2.75) is 51.4 Å². The van der Waals surface area contributed by atoms with Crippen LogP contribution in [0.1, 0.15) is 63.6 Å². The molecule has 116 valence electrons. The molecule has 0 aliphatic heterocycles. The van der Waals surface area contributed by atoms with Crippen LogP contribution in [0.4, 0.5) is 5.13 Å². The lowest BCUT2D eigenvalue weighted by Crippen LogP contribution is -2.11. The van der Waals surface area contributed by atoms with Gasteiger partial charge in [0.25, 0.3) is 5.91 Å². The topological polar surface area (TPSA) is 54.9 Å². The molecule has 2 aromatic heterocycles. The van der Waals surface area contributed by atoms with E-state index < -0.39 is 0 Å². The minimum Gasteiger partial charge on any atom is -0.296 e. The lowest BCUT2D eigenvalue weighted by molar-refractivity contribution is 0.103. The molecule has 0 saturated heterocycles. The standard InChI is InChI=1S/C16H19N3OS2/c1-2-9-3-6-12-11(7-9)8-13(21-12)14(20)17-16-19-18-15(22-16)10-4-5-10/h8-10H,2-7H2,1H3,(H,17,19,20)/t9-/m1/s1. The van der Waals surface area contributed by atoms with Gasteiger partial charge in [0.2, 0.25) is 5.13 Å². The second-order valence-electron chi connectivity index (χ2n) is 6.25. The number of fused-ring (bicyclic) bond motifs is 1. The molecule has 1 fully saturated rings. The predicted octanol–water partition coefficient (Wildman–Crippen LogP) is 4.24. The molecule has 1 N–H and O–H groups in total. The number of rotatable bonds is 4. The average Bonchev–Trinajstić information content (AvgIpc) is 3.12. The molecule has 0 spiro atoms. The van der Waals surface area contributed by atoms with Crippen molar-refractivity contribution >= 4 is 33.7 Å². The molecule has 4 rings (SSSR count). The van der Waals surface area contributed by atoms with Gasteiger partial charge in [0.1, 0.15) is 5.01 Å². The summed E-state index contributed by atoms with van der Waals surface area (Å²) in [4.78, 5) is 14.6. The van der Waals surface area contributed by atoms with E-state index in [-0.39, 0.29) is 5.91 Å². The van der Waals surface area contributed by atoms with Crippen molar-refractivity contribution < 1.29 is 4.79 Å². The number of carbonyl (C=O) groups is 1. The SMILES string of the molecule is CC[C@@H]1CCc2sc(C(=O)Nc3nnc(C4CC4)s3)cc2C1. The number of anilines is 1. The van der Waals surface area contributed by atoms with Crippen molar-refractivity contribution in [3.63, 3.8) is 0 Å². The zero-order valence-corrected chi connectivity index (χ0v) is 14.2. The van der Waals surface area contributed by atoms with Gasteiger partial charge in [-0.3, -0.25) is 10.1 Å².